The molecule has 0 aromatic heterocycles. The van der Waals surface area contributed by atoms with Crippen molar-refractivity contribution in [2.75, 3.05) is 7.11 Å². The molecule has 1 saturated carbocycles. The van der Waals surface area contributed by atoms with Crippen LogP contribution in [0.5, 0.6) is 5.75 Å². The highest BCUT2D eigenvalue weighted by atomic mass is 19.1. The van der Waals surface area contributed by atoms with Crippen molar-refractivity contribution in [3.05, 3.63) is 29.1 Å². The molecule has 1 fully saturated rings. The van der Waals surface area contributed by atoms with Crippen LogP contribution in [-0.4, -0.2) is 7.11 Å². The molecule has 2 rings (SSSR count). The highest BCUT2D eigenvalue weighted by molar-refractivity contribution is 5.48. The van der Waals surface area contributed by atoms with Gasteiger partial charge in [-0.2, -0.15) is 5.26 Å². The van der Waals surface area contributed by atoms with Crippen LogP contribution >= 0.6 is 0 Å². The zero-order chi connectivity index (χ0) is 13.2. The second-order valence-corrected chi connectivity index (χ2v) is 4.87. The van der Waals surface area contributed by atoms with E-state index in [9.17, 15) is 4.39 Å². The number of rotatable bonds is 2. The Kier molecular flexibility index (Phi) is 3.53. The zero-order valence-electron chi connectivity index (χ0n) is 10.5. The minimum atomic E-state index is -0.512. The number of nitrogens with zero attached hydrogens (tertiary/aromatic N) is 1. The van der Waals surface area contributed by atoms with Crippen molar-refractivity contribution in [3.8, 4) is 11.8 Å². The fraction of sp³-hybridized carbons (Fsp3) is 0.500. The highest BCUT2D eigenvalue weighted by Crippen LogP contribution is 2.37. The topological polar surface area (TPSA) is 59.0 Å². The second-order valence-electron chi connectivity index (χ2n) is 4.87. The Labute approximate surface area is 106 Å². The minimum Gasteiger partial charge on any atom is -0.492 e. The Morgan fingerprint density at radius 1 is 1.33 bits per heavy atom. The van der Waals surface area contributed by atoms with Crippen LogP contribution in [0, 0.1) is 17.1 Å². The zero-order valence-corrected chi connectivity index (χ0v) is 10.5. The van der Waals surface area contributed by atoms with Crippen LogP contribution in [0.2, 0.25) is 0 Å². The monoisotopic (exact) mass is 248 g/mol. The number of nitriles is 1. The summed E-state index contributed by atoms with van der Waals surface area (Å²) in [4.78, 5) is 0. The lowest BCUT2D eigenvalue weighted by atomic mass is 9.77. The summed E-state index contributed by atoms with van der Waals surface area (Å²) in [7, 11) is 1.36. The number of ether oxygens (including phenoxy) is 1. The largest absolute Gasteiger partial charge is 0.492 e. The molecule has 1 aliphatic carbocycles. The average molecular weight is 248 g/mol. The maximum atomic E-state index is 13.9. The van der Waals surface area contributed by atoms with Crippen molar-refractivity contribution < 1.29 is 9.13 Å². The van der Waals surface area contributed by atoms with Gasteiger partial charge in [-0.3, -0.25) is 0 Å². The van der Waals surface area contributed by atoms with Gasteiger partial charge in [-0.05, 0) is 30.5 Å². The minimum absolute atomic E-state index is 0.000611. The third-order valence-electron chi connectivity index (χ3n) is 3.69. The fourth-order valence-corrected chi connectivity index (χ4v) is 2.64. The Hall–Kier alpha value is -1.60. The third kappa shape index (κ3) is 2.19. The van der Waals surface area contributed by atoms with Crippen LogP contribution in [-0.2, 0) is 5.54 Å². The van der Waals surface area contributed by atoms with Gasteiger partial charge in [0.2, 0.25) is 0 Å². The van der Waals surface area contributed by atoms with Gasteiger partial charge in [0.25, 0.3) is 0 Å². The molecule has 0 heterocycles. The highest BCUT2D eigenvalue weighted by Gasteiger charge is 2.31. The maximum absolute atomic E-state index is 13.9. The van der Waals surface area contributed by atoms with E-state index < -0.39 is 11.4 Å². The summed E-state index contributed by atoms with van der Waals surface area (Å²) in [5, 5.41) is 9.04. The Morgan fingerprint density at radius 3 is 2.56 bits per heavy atom. The quantitative estimate of drug-likeness (QED) is 0.875. The van der Waals surface area contributed by atoms with E-state index in [0.29, 0.717) is 5.56 Å². The summed E-state index contributed by atoms with van der Waals surface area (Å²) in [5.74, 6) is -0.511. The molecule has 4 heteroatoms. The van der Waals surface area contributed by atoms with Crippen molar-refractivity contribution in [1.82, 2.24) is 0 Å². The SMILES string of the molecule is COc1c(F)cc(C2(N)CCCCC2)cc1C#N. The number of methoxy groups -OCH3 is 1. The lowest BCUT2D eigenvalue weighted by molar-refractivity contribution is 0.300. The fourth-order valence-electron chi connectivity index (χ4n) is 2.64. The molecule has 0 bridgehead atoms. The summed E-state index contributed by atoms with van der Waals surface area (Å²) in [5.41, 5.74) is 6.76. The predicted octanol–water partition coefficient (Wildman–Crippen LogP) is 2.82. The van der Waals surface area contributed by atoms with Gasteiger partial charge in [0, 0.05) is 5.54 Å². The molecule has 0 atom stereocenters. The Balaban J connectivity index is 2.46. The molecule has 1 aromatic rings. The lowest BCUT2D eigenvalue weighted by Gasteiger charge is -2.34. The standard InChI is InChI=1S/C14H17FN2O/c1-18-13-10(9-16)7-11(8-12(13)15)14(17)5-3-2-4-6-14/h7-8H,2-6,17H2,1H3. The van der Waals surface area contributed by atoms with Crippen LogP contribution in [0.1, 0.15) is 43.2 Å². The molecule has 0 spiro atoms. The molecule has 1 aromatic carbocycles. The number of hydrogen-bond donors (Lipinski definition) is 1. The molecule has 0 radical (unpaired) electrons. The van der Waals surface area contributed by atoms with E-state index in [1.165, 1.54) is 19.6 Å². The van der Waals surface area contributed by atoms with Crippen LogP contribution < -0.4 is 10.5 Å². The van der Waals surface area contributed by atoms with Crippen molar-refractivity contribution in [2.24, 2.45) is 5.73 Å². The summed E-state index contributed by atoms with van der Waals surface area (Å²) < 4.78 is 18.8. The van der Waals surface area contributed by atoms with Crippen molar-refractivity contribution in [3.63, 3.8) is 0 Å². The summed E-state index contributed by atoms with van der Waals surface area (Å²) in [6, 6.07) is 5.03. The first-order valence-electron chi connectivity index (χ1n) is 6.18. The molecule has 2 N–H and O–H groups in total. The molecule has 3 nitrogen and oxygen atoms in total. The maximum Gasteiger partial charge on any atom is 0.172 e. The normalized spacial score (nSPS) is 18.1. The van der Waals surface area contributed by atoms with Crippen LogP contribution in [0.3, 0.4) is 0 Å². The first-order chi connectivity index (χ1) is 8.60. The molecule has 18 heavy (non-hydrogen) atoms. The number of nitrogens with two attached hydrogens (primary N) is 1. The van der Waals surface area contributed by atoms with Gasteiger partial charge in [-0.15, -0.1) is 0 Å². The molecule has 96 valence electrons. The van der Waals surface area contributed by atoms with E-state index in [0.717, 1.165) is 25.7 Å². The molecule has 0 unspecified atom stereocenters. The van der Waals surface area contributed by atoms with E-state index in [-0.39, 0.29) is 11.3 Å². The van der Waals surface area contributed by atoms with Crippen LogP contribution in [0.4, 0.5) is 4.39 Å². The summed E-state index contributed by atoms with van der Waals surface area (Å²) >= 11 is 0. The van der Waals surface area contributed by atoms with Crippen LogP contribution in [0.15, 0.2) is 12.1 Å². The van der Waals surface area contributed by atoms with Crippen molar-refractivity contribution >= 4 is 0 Å². The van der Waals surface area contributed by atoms with Gasteiger partial charge < -0.3 is 10.5 Å². The molecule has 1 aliphatic rings. The van der Waals surface area contributed by atoms with E-state index in [4.69, 9.17) is 15.7 Å². The first kappa shape index (κ1) is 12.8. The number of halogens is 1. The van der Waals surface area contributed by atoms with Crippen LogP contribution in [0.25, 0.3) is 0 Å². The summed E-state index contributed by atoms with van der Waals surface area (Å²) in [6.45, 7) is 0. The molecular formula is C14H17FN2O. The van der Waals surface area contributed by atoms with Gasteiger partial charge in [-0.25, -0.2) is 4.39 Å². The smallest absolute Gasteiger partial charge is 0.172 e. The lowest BCUT2D eigenvalue weighted by Crippen LogP contribution is -2.38. The third-order valence-corrected chi connectivity index (χ3v) is 3.69. The number of benzene rings is 1. The van der Waals surface area contributed by atoms with Gasteiger partial charge >= 0.3 is 0 Å². The molecule has 0 aliphatic heterocycles. The van der Waals surface area contributed by atoms with E-state index in [1.807, 2.05) is 6.07 Å². The van der Waals surface area contributed by atoms with E-state index >= 15 is 0 Å². The van der Waals surface area contributed by atoms with E-state index in [1.54, 1.807) is 6.07 Å². The molecule has 0 saturated heterocycles. The van der Waals surface area contributed by atoms with E-state index in [2.05, 4.69) is 0 Å². The first-order valence-corrected chi connectivity index (χ1v) is 6.18. The number of hydrogen-bond acceptors (Lipinski definition) is 3. The molecule has 0 amide bonds. The second kappa shape index (κ2) is 4.95. The van der Waals surface area contributed by atoms with Crippen molar-refractivity contribution in [2.45, 2.75) is 37.6 Å². The molecular weight excluding hydrogens is 231 g/mol. The Morgan fingerprint density at radius 2 is 2.00 bits per heavy atom. The van der Waals surface area contributed by atoms with Gasteiger partial charge in [0.05, 0.1) is 12.7 Å². The Bertz CT molecular complexity index is 487. The van der Waals surface area contributed by atoms with Gasteiger partial charge in [0.15, 0.2) is 11.6 Å². The summed E-state index contributed by atoms with van der Waals surface area (Å²) in [6.07, 6.45) is 4.94. The predicted molar refractivity (Wildman–Crippen MR) is 66.6 cm³/mol. The van der Waals surface area contributed by atoms with Crippen molar-refractivity contribution in [1.29, 1.82) is 5.26 Å². The average Bonchev–Trinajstić information content (AvgIpc) is 2.38. The van der Waals surface area contributed by atoms with Gasteiger partial charge in [0.1, 0.15) is 6.07 Å². The van der Waals surface area contributed by atoms with Gasteiger partial charge in [-0.1, -0.05) is 19.3 Å².